The average Bonchev–Trinajstić information content (AvgIpc) is 3.19. The van der Waals surface area contributed by atoms with Crippen LogP contribution in [0.5, 0.6) is 0 Å². The average molecular weight is 447 g/mol. The van der Waals surface area contributed by atoms with Gasteiger partial charge in [0, 0.05) is 30.2 Å². The molecule has 2 aromatic heterocycles. The third kappa shape index (κ3) is 4.05. The molecule has 2 aliphatic rings. The molecule has 3 aromatic rings. The van der Waals surface area contributed by atoms with Crippen molar-refractivity contribution in [2.45, 2.75) is 45.6 Å². The lowest BCUT2D eigenvalue weighted by Crippen LogP contribution is -2.46. The number of rotatable bonds is 6. The Balaban J connectivity index is 1.34. The van der Waals surface area contributed by atoms with Gasteiger partial charge in [0.2, 0.25) is 5.91 Å². The van der Waals surface area contributed by atoms with E-state index in [0.29, 0.717) is 23.2 Å². The highest BCUT2D eigenvalue weighted by atomic mass is 16.2. The number of H-pyrrole nitrogens is 1. The minimum absolute atomic E-state index is 0.159. The van der Waals surface area contributed by atoms with Gasteiger partial charge in [-0.2, -0.15) is 10.2 Å². The highest BCUT2D eigenvalue weighted by molar-refractivity contribution is 6.01. The summed E-state index contributed by atoms with van der Waals surface area (Å²) in [6.07, 6.45) is 6.27. The molecular formula is C25H30N6O2. The van der Waals surface area contributed by atoms with E-state index in [1.54, 1.807) is 19.3 Å². The Morgan fingerprint density at radius 3 is 2.36 bits per heavy atom. The number of aromatic amines is 1. The molecule has 3 N–H and O–H groups in total. The van der Waals surface area contributed by atoms with Gasteiger partial charge in [0.15, 0.2) is 0 Å². The molecule has 4 atom stereocenters. The first kappa shape index (κ1) is 21.4. The Morgan fingerprint density at radius 1 is 1.09 bits per heavy atom. The molecule has 2 amide bonds. The van der Waals surface area contributed by atoms with E-state index >= 15 is 0 Å². The maximum Gasteiger partial charge on any atom is 0.270 e. The Bertz CT molecular complexity index is 1150. The number of amides is 2. The molecule has 33 heavy (non-hydrogen) atoms. The lowest BCUT2D eigenvalue weighted by molar-refractivity contribution is -0.118. The number of aromatic nitrogens is 4. The minimum Gasteiger partial charge on any atom is -0.339 e. The van der Waals surface area contributed by atoms with Crippen LogP contribution in [0.15, 0.2) is 36.5 Å². The first-order chi connectivity index (χ1) is 15.9. The van der Waals surface area contributed by atoms with Crippen LogP contribution in [0.4, 0.5) is 5.69 Å². The molecule has 2 heterocycles. The van der Waals surface area contributed by atoms with E-state index in [1.807, 2.05) is 38.1 Å². The van der Waals surface area contributed by atoms with E-state index in [2.05, 4.69) is 25.9 Å². The molecule has 1 unspecified atom stereocenters. The third-order valence-corrected chi connectivity index (χ3v) is 7.30. The van der Waals surface area contributed by atoms with Gasteiger partial charge >= 0.3 is 0 Å². The van der Waals surface area contributed by atoms with E-state index in [1.165, 1.54) is 17.5 Å². The van der Waals surface area contributed by atoms with Crippen molar-refractivity contribution in [3.8, 4) is 11.1 Å². The lowest BCUT2D eigenvalue weighted by atomic mass is 10.0. The van der Waals surface area contributed by atoms with E-state index in [4.69, 9.17) is 0 Å². The van der Waals surface area contributed by atoms with Gasteiger partial charge in [-0.25, -0.2) is 0 Å². The fourth-order valence-electron chi connectivity index (χ4n) is 5.61. The van der Waals surface area contributed by atoms with Gasteiger partial charge in [0.25, 0.3) is 5.91 Å². The van der Waals surface area contributed by atoms with Crippen molar-refractivity contribution in [1.29, 1.82) is 0 Å². The second-order valence-electron chi connectivity index (χ2n) is 9.36. The molecule has 2 fully saturated rings. The topological polar surface area (TPSA) is 105 Å². The second kappa shape index (κ2) is 8.50. The fraction of sp³-hybridized carbons (Fsp3) is 0.440. The number of hydrogen-bond donors (Lipinski definition) is 3. The van der Waals surface area contributed by atoms with Gasteiger partial charge < -0.3 is 10.6 Å². The van der Waals surface area contributed by atoms with Crippen molar-refractivity contribution in [3.05, 3.63) is 53.6 Å². The second-order valence-corrected chi connectivity index (χ2v) is 9.36. The smallest absolute Gasteiger partial charge is 0.270 e. The van der Waals surface area contributed by atoms with Gasteiger partial charge in [-0.3, -0.25) is 19.4 Å². The zero-order chi connectivity index (χ0) is 23.1. The molecular weight excluding hydrogens is 416 g/mol. The molecule has 8 nitrogen and oxygen atoms in total. The largest absolute Gasteiger partial charge is 0.339 e. The Hall–Kier alpha value is -3.42. The van der Waals surface area contributed by atoms with Gasteiger partial charge in [0.05, 0.1) is 5.69 Å². The summed E-state index contributed by atoms with van der Waals surface area (Å²) in [5.74, 6) is 0.820. The summed E-state index contributed by atoms with van der Waals surface area (Å²) >= 11 is 0. The Morgan fingerprint density at radius 2 is 1.79 bits per heavy atom. The Kier molecular flexibility index (Phi) is 5.52. The van der Waals surface area contributed by atoms with E-state index in [0.717, 1.165) is 35.4 Å². The van der Waals surface area contributed by atoms with E-state index in [9.17, 15) is 9.59 Å². The van der Waals surface area contributed by atoms with Crippen LogP contribution in [-0.2, 0) is 11.8 Å². The minimum atomic E-state index is -0.557. The van der Waals surface area contributed by atoms with Crippen LogP contribution in [0.1, 0.15) is 47.6 Å². The van der Waals surface area contributed by atoms with Crippen molar-refractivity contribution in [1.82, 2.24) is 25.3 Å². The summed E-state index contributed by atoms with van der Waals surface area (Å²) in [4.78, 5) is 26.3. The van der Waals surface area contributed by atoms with E-state index < -0.39 is 6.04 Å². The zero-order valence-electron chi connectivity index (χ0n) is 19.3. The molecule has 0 spiro atoms. The molecule has 2 saturated carbocycles. The molecule has 8 heteroatoms. The van der Waals surface area contributed by atoms with Gasteiger partial charge in [-0.1, -0.05) is 25.0 Å². The Labute approximate surface area is 193 Å². The van der Waals surface area contributed by atoms with Gasteiger partial charge in [0.1, 0.15) is 11.7 Å². The first-order valence-corrected chi connectivity index (χ1v) is 11.7. The number of fused-ring (bicyclic) bond motifs is 1. The number of carbonyl (C=O) groups excluding carboxylic acids is 2. The van der Waals surface area contributed by atoms with Crippen LogP contribution >= 0.6 is 0 Å². The quantitative estimate of drug-likeness (QED) is 0.538. The maximum atomic E-state index is 13.4. The van der Waals surface area contributed by atoms with Crippen molar-refractivity contribution >= 4 is 17.5 Å². The lowest BCUT2D eigenvalue weighted by Gasteiger charge is -2.19. The molecule has 0 radical (unpaired) electrons. The fourth-order valence-corrected chi connectivity index (χ4v) is 5.61. The van der Waals surface area contributed by atoms with Crippen molar-refractivity contribution in [2.24, 2.45) is 24.8 Å². The summed E-state index contributed by atoms with van der Waals surface area (Å²) in [5.41, 5.74) is 5.25. The molecule has 0 aliphatic heterocycles. The molecule has 1 aromatic carbocycles. The summed E-state index contributed by atoms with van der Waals surface area (Å²) < 4.78 is 1.53. The van der Waals surface area contributed by atoms with Gasteiger partial charge in [-0.05, 0) is 68.2 Å². The number of hydrogen-bond acceptors (Lipinski definition) is 4. The SMILES string of the molecule is Cc1n[nH]c(C)c1-c1ccc(NC(=O)[C@@H](NC(=O)c2ccnn2C)C2[C@H]3CCCC[C@@H]23)cc1. The van der Waals surface area contributed by atoms with Crippen LogP contribution in [0.25, 0.3) is 11.1 Å². The monoisotopic (exact) mass is 446 g/mol. The standard InChI is InChI=1S/C25H30N6O2/c1-14-21(15(2)30-29-14)16-8-10-17(11-9-16)27-25(33)23(22-18-6-4-5-7-19(18)22)28-24(32)20-12-13-26-31(20)3/h8-13,18-19,22-23H,4-7H2,1-3H3,(H,27,33)(H,28,32)(H,29,30)/t18-,19+,22?,23-/m0/s1. The summed E-state index contributed by atoms with van der Waals surface area (Å²) in [5, 5.41) is 17.4. The number of aryl methyl sites for hydroxylation is 3. The molecule has 2 aliphatic carbocycles. The predicted molar refractivity (Wildman–Crippen MR) is 126 cm³/mol. The maximum absolute atomic E-state index is 13.4. The van der Waals surface area contributed by atoms with Crippen LogP contribution in [-0.4, -0.2) is 37.8 Å². The van der Waals surface area contributed by atoms with Crippen LogP contribution in [0, 0.1) is 31.6 Å². The van der Waals surface area contributed by atoms with Crippen molar-refractivity contribution < 1.29 is 9.59 Å². The predicted octanol–water partition coefficient (Wildman–Crippen LogP) is 3.60. The highest BCUT2D eigenvalue weighted by Gasteiger charge is 2.56. The van der Waals surface area contributed by atoms with Crippen LogP contribution in [0.2, 0.25) is 0 Å². The number of nitrogens with one attached hydrogen (secondary N) is 3. The molecule has 172 valence electrons. The third-order valence-electron chi connectivity index (χ3n) is 7.30. The van der Waals surface area contributed by atoms with Crippen molar-refractivity contribution in [2.75, 3.05) is 5.32 Å². The summed E-state index contributed by atoms with van der Waals surface area (Å²) in [7, 11) is 1.73. The van der Waals surface area contributed by atoms with Gasteiger partial charge in [-0.15, -0.1) is 0 Å². The number of anilines is 1. The molecule has 0 saturated heterocycles. The summed E-state index contributed by atoms with van der Waals surface area (Å²) in [6.45, 7) is 3.97. The number of benzene rings is 1. The zero-order valence-corrected chi connectivity index (χ0v) is 19.3. The summed E-state index contributed by atoms with van der Waals surface area (Å²) in [6, 6.07) is 8.89. The normalized spacial score (nSPS) is 22.3. The number of nitrogens with zero attached hydrogens (tertiary/aromatic N) is 3. The number of carbonyl (C=O) groups is 2. The van der Waals surface area contributed by atoms with Crippen molar-refractivity contribution in [3.63, 3.8) is 0 Å². The van der Waals surface area contributed by atoms with E-state index in [-0.39, 0.29) is 17.7 Å². The highest BCUT2D eigenvalue weighted by Crippen LogP contribution is 2.57. The first-order valence-electron chi connectivity index (χ1n) is 11.7. The van der Waals surface area contributed by atoms with Crippen LogP contribution < -0.4 is 10.6 Å². The molecule has 0 bridgehead atoms. The molecule has 5 rings (SSSR count). The van der Waals surface area contributed by atoms with Crippen LogP contribution in [0.3, 0.4) is 0 Å².